The molecule has 0 aliphatic carbocycles. The van der Waals surface area contributed by atoms with Gasteiger partial charge in [-0.2, -0.15) is 5.10 Å². The third-order valence-corrected chi connectivity index (χ3v) is 5.01. The Balaban J connectivity index is 1.52. The second-order valence-electron chi connectivity index (χ2n) is 7.09. The van der Waals surface area contributed by atoms with E-state index in [9.17, 15) is 4.79 Å². The van der Waals surface area contributed by atoms with Crippen LogP contribution in [0.4, 0.5) is 4.79 Å². The summed E-state index contributed by atoms with van der Waals surface area (Å²) in [5, 5.41) is 7.32. The maximum atomic E-state index is 12.5. The Morgan fingerprint density at radius 2 is 1.76 bits per heavy atom. The molecule has 1 fully saturated rings. The van der Waals surface area contributed by atoms with Crippen molar-refractivity contribution in [3.8, 4) is 0 Å². The van der Waals surface area contributed by atoms with Gasteiger partial charge in [0.2, 0.25) is 0 Å². The van der Waals surface area contributed by atoms with Crippen LogP contribution in [0.2, 0.25) is 0 Å². The van der Waals surface area contributed by atoms with Gasteiger partial charge in [-0.25, -0.2) is 14.5 Å². The molecule has 1 saturated heterocycles. The lowest BCUT2D eigenvalue weighted by atomic mass is 9.99. The molecule has 134 valence electrons. The maximum absolute atomic E-state index is 12.5. The number of hydrogen-bond acceptors (Lipinski definition) is 3. The number of carbonyl (C=O) groups excluding carboxylic acids is 1. The summed E-state index contributed by atoms with van der Waals surface area (Å²) >= 11 is 0. The van der Waals surface area contributed by atoms with Crippen molar-refractivity contribution in [2.24, 2.45) is 0 Å². The lowest BCUT2D eigenvalue weighted by Gasteiger charge is -2.32. The summed E-state index contributed by atoms with van der Waals surface area (Å²) in [5.41, 5.74) is 2.45. The molecule has 3 rings (SSSR count). The summed E-state index contributed by atoms with van der Waals surface area (Å²) in [6.45, 7) is 7.89. The van der Waals surface area contributed by atoms with Crippen LogP contribution in [0.25, 0.3) is 0 Å². The van der Waals surface area contributed by atoms with Crippen LogP contribution in [-0.2, 0) is 0 Å². The fourth-order valence-corrected chi connectivity index (χ4v) is 3.27. The predicted octanol–water partition coefficient (Wildman–Crippen LogP) is 3.51. The van der Waals surface area contributed by atoms with Crippen molar-refractivity contribution in [2.75, 3.05) is 13.1 Å². The van der Waals surface area contributed by atoms with E-state index in [-0.39, 0.29) is 12.1 Å². The largest absolute Gasteiger partial charge is 0.331 e. The number of urea groups is 1. The summed E-state index contributed by atoms with van der Waals surface area (Å²) in [6.07, 6.45) is 5.14. The van der Waals surface area contributed by atoms with Crippen LogP contribution in [0.3, 0.4) is 0 Å². The molecular formula is C19H27N5O. The Morgan fingerprint density at radius 1 is 1.12 bits per heavy atom. The van der Waals surface area contributed by atoms with E-state index < -0.39 is 0 Å². The Morgan fingerprint density at radius 3 is 2.32 bits per heavy atom. The second-order valence-corrected chi connectivity index (χ2v) is 7.09. The number of piperidine rings is 1. The molecule has 1 N–H and O–H groups in total. The standard InChI is InChI=1S/C19H27N5O/c1-14(2)16-4-6-17(7-5-16)15(3)22-19(25)23-10-8-18(9-11-23)24-13-20-12-21-24/h4-7,12-15,18H,8-11H2,1-3H3,(H,22,25)/t15-/m0/s1. The van der Waals surface area contributed by atoms with Gasteiger partial charge < -0.3 is 10.2 Å². The highest BCUT2D eigenvalue weighted by molar-refractivity contribution is 5.74. The fourth-order valence-electron chi connectivity index (χ4n) is 3.27. The third-order valence-electron chi connectivity index (χ3n) is 5.01. The Hall–Kier alpha value is -2.37. The van der Waals surface area contributed by atoms with Gasteiger partial charge in [0.05, 0.1) is 12.1 Å². The topological polar surface area (TPSA) is 63.1 Å². The maximum Gasteiger partial charge on any atom is 0.317 e. The molecule has 1 aliphatic rings. The molecule has 1 aromatic heterocycles. The molecule has 25 heavy (non-hydrogen) atoms. The molecule has 0 unspecified atom stereocenters. The van der Waals surface area contributed by atoms with Crippen molar-refractivity contribution < 1.29 is 4.79 Å². The summed E-state index contributed by atoms with van der Waals surface area (Å²) in [5.74, 6) is 0.519. The van der Waals surface area contributed by atoms with Gasteiger partial charge in [-0.1, -0.05) is 38.1 Å². The van der Waals surface area contributed by atoms with Gasteiger partial charge in [0.15, 0.2) is 0 Å². The number of rotatable bonds is 4. The zero-order chi connectivity index (χ0) is 17.8. The highest BCUT2D eigenvalue weighted by atomic mass is 16.2. The second kappa shape index (κ2) is 7.68. The minimum absolute atomic E-state index is 0.00162. The molecule has 2 heterocycles. The van der Waals surface area contributed by atoms with E-state index in [4.69, 9.17) is 0 Å². The fraction of sp³-hybridized carbons (Fsp3) is 0.526. The normalized spacial score (nSPS) is 16.9. The first kappa shape index (κ1) is 17.5. The van der Waals surface area contributed by atoms with Gasteiger partial charge in [0.25, 0.3) is 0 Å². The lowest BCUT2D eigenvalue weighted by Crippen LogP contribution is -2.45. The summed E-state index contributed by atoms with van der Waals surface area (Å²) in [7, 11) is 0. The molecule has 0 radical (unpaired) electrons. The molecule has 2 amide bonds. The Labute approximate surface area is 149 Å². The van der Waals surface area contributed by atoms with E-state index in [1.54, 1.807) is 12.7 Å². The van der Waals surface area contributed by atoms with Crippen LogP contribution in [0.1, 0.15) is 62.7 Å². The summed E-state index contributed by atoms with van der Waals surface area (Å²) < 4.78 is 1.90. The van der Waals surface area contributed by atoms with Gasteiger partial charge >= 0.3 is 6.03 Å². The van der Waals surface area contributed by atoms with Crippen LogP contribution in [0.15, 0.2) is 36.9 Å². The predicted molar refractivity (Wildman–Crippen MR) is 97.3 cm³/mol. The molecular weight excluding hydrogens is 314 g/mol. The van der Waals surface area contributed by atoms with Crippen LogP contribution in [0.5, 0.6) is 0 Å². The quantitative estimate of drug-likeness (QED) is 0.925. The van der Waals surface area contributed by atoms with Gasteiger partial charge in [-0.3, -0.25) is 0 Å². The number of benzene rings is 1. The summed E-state index contributed by atoms with van der Waals surface area (Å²) in [4.78, 5) is 18.4. The highest BCUT2D eigenvalue weighted by Crippen LogP contribution is 2.22. The lowest BCUT2D eigenvalue weighted by molar-refractivity contribution is 0.166. The first-order valence-corrected chi connectivity index (χ1v) is 9.04. The average Bonchev–Trinajstić information content (AvgIpc) is 3.16. The van der Waals surface area contributed by atoms with Crippen LogP contribution >= 0.6 is 0 Å². The van der Waals surface area contributed by atoms with E-state index in [2.05, 4.69) is 53.5 Å². The van der Waals surface area contributed by atoms with E-state index in [1.807, 2.05) is 16.5 Å². The van der Waals surface area contributed by atoms with Gasteiger partial charge in [-0.15, -0.1) is 0 Å². The Bertz CT molecular complexity index is 672. The number of likely N-dealkylation sites (tertiary alicyclic amines) is 1. The van der Waals surface area contributed by atoms with E-state index in [1.165, 1.54) is 5.56 Å². The SMILES string of the molecule is CC(C)c1ccc([C@H](C)NC(=O)N2CCC(n3cncn3)CC2)cc1. The zero-order valence-corrected chi connectivity index (χ0v) is 15.2. The number of hydrogen-bond donors (Lipinski definition) is 1. The van der Waals surface area contributed by atoms with Gasteiger partial charge in [-0.05, 0) is 36.8 Å². The number of nitrogens with one attached hydrogen (secondary N) is 1. The number of amides is 2. The zero-order valence-electron chi connectivity index (χ0n) is 15.2. The Kier molecular flexibility index (Phi) is 5.36. The van der Waals surface area contributed by atoms with Crippen molar-refractivity contribution in [1.82, 2.24) is 25.0 Å². The van der Waals surface area contributed by atoms with Crippen molar-refractivity contribution >= 4 is 6.03 Å². The van der Waals surface area contributed by atoms with Crippen LogP contribution in [0, 0.1) is 0 Å². The molecule has 0 bridgehead atoms. The van der Waals surface area contributed by atoms with Crippen molar-refractivity contribution in [2.45, 2.75) is 51.6 Å². The molecule has 1 aliphatic heterocycles. The van der Waals surface area contributed by atoms with Gasteiger partial charge in [0, 0.05) is 13.1 Å². The molecule has 2 aromatic rings. The molecule has 6 heteroatoms. The van der Waals surface area contributed by atoms with Crippen molar-refractivity contribution in [3.63, 3.8) is 0 Å². The first-order chi connectivity index (χ1) is 12.0. The monoisotopic (exact) mass is 341 g/mol. The third kappa shape index (κ3) is 4.18. The molecule has 6 nitrogen and oxygen atoms in total. The summed E-state index contributed by atoms with van der Waals surface area (Å²) in [6, 6.07) is 8.86. The minimum atomic E-state index is 0.00162. The average molecular weight is 341 g/mol. The van der Waals surface area contributed by atoms with Crippen molar-refractivity contribution in [1.29, 1.82) is 0 Å². The molecule has 1 atom stereocenters. The molecule has 0 saturated carbocycles. The van der Waals surface area contributed by atoms with Crippen LogP contribution in [-0.4, -0.2) is 38.8 Å². The number of carbonyl (C=O) groups is 1. The van der Waals surface area contributed by atoms with Crippen LogP contribution < -0.4 is 5.32 Å². The van der Waals surface area contributed by atoms with Gasteiger partial charge in [0.1, 0.15) is 12.7 Å². The first-order valence-electron chi connectivity index (χ1n) is 9.04. The highest BCUT2D eigenvalue weighted by Gasteiger charge is 2.25. The smallest absolute Gasteiger partial charge is 0.317 e. The van der Waals surface area contributed by atoms with E-state index in [0.29, 0.717) is 12.0 Å². The number of nitrogens with zero attached hydrogens (tertiary/aromatic N) is 4. The molecule has 0 spiro atoms. The van der Waals surface area contributed by atoms with Crippen molar-refractivity contribution in [3.05, 3.63) is 48.0 Å². The minimum Gasteiger partial charge on any atom is -0.331 e. The number of aromatic nitrogens is 3. The van der Waals surface area contributed by atoms with E-state index in [0.717, 1.165) is 31.5 Å². The molecule has 1 aromatic carbocycles. The van der Waals surface area contributed by atoms with E-state index >= 15 is 0 Å².